The van der Waals surface area contributed by atoms with Gasteiger partial charge in [0.1, 0.15) is 13.1 Å². The van der Waals surface area contributed by atoms with E-state index in [1.807, 2.05) is 18.3 Å². The van der Waals surface area contributed by atoms with Gasteiger partial charge in [0.05, 0.1) is 6.07 Å². The first-order valence-electron chi connectivity index (χ1n) is 4.24. The summed E-state index contributed by atoms with van der Waals surface area (Å²) in [6.07, 6.45) is 3.60. The van der Waals surface area contributed by atoms with Crippen LogP contribution in [0.2, 0.25) is 0 Å². The zero-order valence-corrected chi connectivity index (χ0v) is 7.73. The van der Waals surface area contributed by atoms with Crippen molar-refractivity contribution in [1.29, 1.82) is 5.26 Å². The van der Waals surface area contributed by atoms with Gasteiger partial charge >= 0.3 is 0 Å². The van der Waals surface area contributed by atoms with Crippen LogP contribution in [-0.2, 0) is 17.9 Å². The van der Waals surface area contributed by atoms with Crippen LogP contribution in [0, 0.1) is 11.3 Å². The summed E-state index contributed by atoms with van der Waals surface area (Å²) in [7, 11) is 0. The van der Waals surface area contributed by atoms with E-state index in [-0.39, 0.29) is 19.0 Å². The lowest BCUT2D eigenvalue weighted by Crippen LogP contribution is -2.27. The number of carbonyl (C=O) groups excluding carboxylic acids is 1. The first kappa shape index (κ1) is 10.3. The van der Waals surface area contributed by atoms with Crippen molar-refractivity contribution in [2.75, 3.05) is 6.54 Å². The molecule has 0 saturated carbocycles. The van der Waals surface area contributed by atoms with E-state index in [9.17, 15) is 4.79 Å². The second kappa shape index (κ2) is 5.04. The van der Waals surface area contributed by atoms with E-state index in [4.69, 9.17) is 11.0 Å². The summed E-state index contributed by atoms with van der Waals surface area (Å²) in [6, 6.07) is 3.70. The molecular weight excluding hydrogens is 180 g/mol. The van der Waals surface area contributed by atoms with E-state index in [0.29, 0.717) is 6.54 Å². The third-order valence-corrected chi connectivity index (χ3v) is 1.74. The average molecular weight is 192 g/mol. The van der Waals surface area contributed by atoms with Gasteiger partial charge in [-0.05, 0) is 11.6 Å². The van der Waals surface area contributed by atoms with Crippen LogP contribution >= 0.6 is 0 Å². The second-order valence-corrected chi connectivity index (χ2v) is 2.83. The first-order valence-corrected chi connectivity index (χ1v) is 4.24. The highest BCUT2D eigenvalue weighted by molar-refractivity contribution is 5.75. The number of rotatable bonds is 4. The molecule has 0 aromatic carbocycles. The van der Waals surface area contributed by atoms with Crippen molar-refractivity contribution < 1.29 is 4.79 Å². The molecule has 1 rings (SSSR count). The lowest BCUT2D eigenvalue weighted by atomic mass is 10.3. The summed E-state index contributed by atoms with van der Waals surface area (Å²) >= 11 is 0. The maximum absolute atomic E-state index is 11.2. The number of nitrogens with one attached hydrogen (secondary N) is 1. The Morgan fingerprint density at radius 1 is 1.71 bits per heavy atom. The fourth-order valence-electron chi connectivity index (χ4n) is 1.07. The molecule has 0 fully saturated rings. The normalized spacial score (nSPS) is 9.43. The lowest BCUT2D eigenvalue weighted by molar-refractivity contribution is -0.121. The number of aromatic nitrogens is 1. The molecule has 0 spiro atoms. The maximum Gasteiger partial charge on any atom is 0.240 e. The van der Waals surface area contributed by atoms with Crippen LogP contribution in [0.15, 0.2) is 18.5 Å². The third-order valence-electron chi connectivity index (χ3n) is 1.74. The Morgan fingerprint density at radius 2 is 2.50 bits per heavy atom. The molecule has 0 aliphatic heterocycles. The molecule has 0 saturated heterocycles. The lowest BCUT2D eigenvalue weighted by Gasteiger charge is -2.01. The van der Waals surface area contributed by atoms with Crippen LogP contribution in [0.4, 0.5) is 0 Å². The van der Waals surface area contributed by atoms with E-state index in [2.05, 4.69) is 5.32 Å². The van der Waals surface area contributed by atoms with Gasteiger partial charge in [-0.2, -0.15) is 5.26 Å². The second-order valence-electron chi connectivity index (χ2n) is 2.83. The molecule has 0 atom stereocenters. The molecule has 0 radical (unpaired) electrons. The predicted molar refractivity (Wildman–Crippen MR) is 50.9 cm³/mol. The van der Waals surface area contributed by atoms with Crippen molar-refractivity contribution in [1.82, 2.24) is 9.88 Å². The fraction of sp³-hybridized carbons (Fsp3) is 0.333. The van der Waals surface area contributed by atoms with Crippen LogP contribution in [0.3, 0.4) is 0 Å². The Kier molecular flexibility index (Phi) is 3.70. The van der Waals surface area contributed by atoms with Crippen molar-refractivity contribution in [3.8, 4) is 6.07 Å². The number of hydrogen-bond acceptors (Lipinski definition) is 3. The molecule has 1 aromatic heterocycles. The van der Waals surface area contributed by atoms with Crippen molar-refractivity contribution in [3.05, 3.63) is 24.0 Å². The van der Waals surface area contributed by atoms with Gasteiger partial charge < -0.3 is 15.6 Å². The summed E-state index contributed by atoms with van der Waals surface area (Å²) in [6.45, 7) is 0.734. The van der Waals surface area contributed by atoms with Crippen molar-refractivity contribution in [2.24, 2.45) is 5.73 Å². The van der Waals surface area contributed by atoms with E-state index >= 15 is 0 Å². The molecule has 0 unspecified atom stereocenters. The van der Waals surface area contributed by atoms with Crippen LogP contribution in [-0.4, -0.2) is 17.0 Å². The zero-order valence-electron chi connectivity index (χ0n) is 7.73. The van der Waals surface area contributed by atoms with Gasteiger partial charge in [0.15, 0.2) is 0 Å². The van der Waals surface area contributed by atoms with Crippen LogP contribution in [0.25, 0.3) is 0 Å². The third kappa shape index (κ3) is 2.92. The van der Waals surface area contributed by atoms with Gasteiger partial charge in [-0.1, -0.05) is 0 Å². The van der Waals surface area contributed by atoms with Gasteiger partial charge in [-0.15, -0.1) is 0 Å². The van der Waals surface area contributed by atoms with Gasteiger partial charge in [0.2, 0.25) is 5.91 Å². The fourth-order valence-corrected chi connectivity index (χ4v) is 1.07. The maximum atomic E-state index is 11.2. The molecular formula is C9H12N4O. The molecule has 1 amide bonds. The van der Waals surface area contributed by atoms with Gasteiger partial charge in [0, 0.05) is 18.9 Å². The van der Waals surface area contributed by atoms with Gasteiger partial charge in [-0.25, -0.2) is 0 Å². The number of hydrogen-bond donors (Lipinski definition) is 2. The van der Waals surface area contributed by atoms with E-state index in [1.54, 1.807) is 10.8 Å². The minimum Gasteiger partial charge on any atom is -0.345 e. The molecule has 3 N–H and O–H groups in total. The largest absolute Gasteiger partial charge is 0.345 e. The van der Waals surface area contributed by atoms with Crippen LogP contribution < -0.4 is 11.1 Å². The molecule has 14 heavy (non-hydrogen) atoms. The predicted octanol–water partition coefficient (Wildman–Crippen LogP) is -0.413. The number of amides is 1. The minimum atomic E-state index is -0.175. The quantitative estimate of drug-likeness (QED) is 0.636. The average Bonchev–Trinajstić information content (AvgIpc) is 2.62. The SMILES string of the molecule is N#CCNC(=O)Cn1ccc(CN)c1. The number of carbonyl (C=O) groups is 1. The van der Waals surface area contributed by atoms with Crippen LogP contribution in [0.1, 0.15) is 5.56 Å². The molecule has 74 valence electrons. The molecule has 0 aliphatic rings. The summed E-state index contributed by atoms with van der Waals surface area (Å²) in [4.78, 5) is 11.2. The Labute approximate surface area is 82.1 Å². The summed E-state index contributed by atoms with van der Waals surface area (Å²) in [5.41, 5.74) is 6.40. The zero-order chi connectivity index (χ0) is 10.4. The monoisotopic (exact) mass is 192 g/mol. The highest BCUT2D eigenvalue weighted by Gasteiger charge is 2.01. The van der Waals surface area contributed by atoms with E-state index in [1.165, 1.54) is 0 Å². The Bertz CT molecular complexity index is 350. The van der Waals surface area contributed by atoms with Crippen LogP contribution in [0.5, 0.6) is 0 Å². The van der Waals surface area contributed by atoms with Gasteiger partial charge in [-0.3, -0.25) is 4.79 Å². The molecule has 5 nitrogen and oxygen atoms in total. The van der Waals surface area contributed by atoms with Crippen molar-refractivity contribution in [2.45, 2.75) is 13.1 Å². The Morgan fingerprint density at radius 3 is 3.07 bits per heavy atom. The number of nitriles is 1. The van der Waals surface area contributed by atoms with Crippen molar-refractivity contribution >= 4 is 5.91 Å². The highest BCUT2D eigenvalue weighted by atomic mass is 16.1. The topological polar surface area (TPSA) is 83.8 Å². The molecule has 0 aliphatic carbocycles. The Balaban J connectivity index is 2.44. The first-order chi connectivity index (χ1) is 6.76. The molecule has 0 bridgehead atoms. The smallest absolute Gasteiger partial charge is 0.240 e. The highest BCUT2D eigenvalue weighted by Crippen LogP contribution is 1.99. The summed E-state index contributed by atoms with van der Waals surface area (Å²) in [5.74, 6) is -0.175. The van der Waals surface area contributed by atoms with E-state index in [0.717, 1.165) is 5.56 Å². The number of nitrogens with two attached hydrogens (primary N) is 1. The van der Waals surface area contributed by atoms with Crippen molar-refractivity contribution in [3.63, 3.8) is 0 Å². The molecule has 1 heterocycles. The standard InChI is InChI=1S/C9H12N4O/c10-2-3-12-9(14)7-13-4-1-8(5-11)6-13/h1,4,6H,3,5,7,11H2,(H,12,14). The summed E-state index contributed by atoms with van der Waals surface area (Å²) in [5, 5.41) is 10.7. The number of nitrogens with zero attached hydrogens (tertiary/aromatic N) is 2. The Hall–Kier alpha value is -1.80. The molecule has 1 aromatic rings. The minimum absolute atomic E-state index is 0.0455. The van der Waals surface area contributed by atoms with E-state index < -0.39 is 0 Å². The molecule has 5 heteroatoms. The van der Waals surface area contributed by atoms with Gasteiger partial charge in [0.25, 0.3) is 0 Å². The summed E-state index contributed by atoms with van der Waals surface area (Å²) < 4.78 is 1.73.